The molecule has 0 spiro atoms. The molecule has 27 heavy (non-hydrogen) atoms. The molecular weight excluding hydrogens is 332 g/mol. The lowest BCUT2D eigenvalue weighted by molar-refractivity contribution is 0.389. The van der Waals surface area contributed by atoms with Gasteiger partial charge in [0.15, 0.2) is 0 Å². The Morgan fingerprint density at radius 1 is 1.07 bits per heavy atom. The van der Waals surface area contributed by atoms with Gasteiger partial charge in [-0.3, -0.25) is 0 Å². The number of benzene rings is 1. The van der Waals surface area contributed by atoms with E-state index in [2.05, 4.69) is 68.9 Å². The van der Waals surface area contributed by atoms with Crippen LogP contribution in [0.15, 0.2) is 36.5 Å². The largest absolute Gasteiger partial charge is 0.363 e. The number of aromatic nitrogens is 3. The Kier molecular flexibility index (Phi) is 5.27. The third-order valence-electron chi connectivity index (χ3n) is 4.82. The minimum Gasteiger partial charge on any atom is -0.363 e. The van der Waals surface area contributed by atoms with Crippen LogP contribution in [0.25, 0.3) is 22.2 Å². The van der Waals surface area contributed by atoms with Gasteiger partial charge in [0, 0.05) is 26.2 Å². The number of nitrogens with zero attached hydrogens (tertiary/aromatic N) is 3. The zero-order valence-electron chi connectivity index (χ0n) is 17.6. The first-order valence-corrected chi connectivity index (χ1v) is 9.65. The van der Waals surface area contributed by atoms with Gasteiger partial charge in [-0.1, -0.05) is 40.7 Å². The van der Waals surface area contributed by atoms with Crippen LogP contribution in [0, 0.1) is 17.3 Å². The van der Waals surface area contributed by atoms with Gasteiger partial charge in [-0.05, 0) is 53.1 Å². The molecular formula is C23H31N4. The van der Waals surface area contributed by atoms with Gasteiger partial charge in [-0.2, -0.15) is 0 Å². The van der Waals surface area contributed by atoms with E-state index in [1.807, 2.05) is 31.3 Å². The van der Waals surface area contributed by atoms with Crippen molar-refractivity contribution < 1.29 is 0 Å². The third kappa shape index (κ3) is 4.32. The highest BCUT2D eigenvalue weighted by atomic mass is 15.1. The summed E-state index contributed by atoms with van der Waals surface area (Å²) in [5.74, 6) is 3.96. The molecule has 2 aromatic heterocycles. The molecule has 0 saturated heterocycles. The van der Waals surface area contributed by atoms with Gasteiger partial charge in [0.2, 0.25) is 0 Å². The summed E-state index contributed by atoms with van der Waals surface area (Å²) < 4.78 is 0. The van der Waals surface area contributed by atoms with E-state index < -0.39 is 0 Å². The van der Waals surface area contributed by atoms with Gasteiger partial charge >= 0.3 is 0 Å². The van der Waals surface area contributed by atoms with Crippen LogP contribution in [-0.2, 0) is 0 Å². The van der Waals surface area contributed by atoms with Gasteiger partial charge < -0.3 is 9.88 Å². The first-order chi connectivity index (χ1) is 12.6. The summed E-state index contributed by atoms with van der Waals surface area (Å²) in [6.45, 7) is 11.3. The van der Waals surface area contributed by atoms with E-state index >= 15 is 0 Å². The number of rotatable bonds is 5. The van der Waals surface area contributed by atoms with Gasteiger partial charge in [-0.25, -0.2) is 9.97 Å². The average Bonchev–Trinajstić information content (AvgIpc) is 3.01. The van der Waals surface area contributed by atoms with Crippen LogP contribution in [-0.4, -0.2) is 29.0 Å². The number of pyridine rings is 1. The maximum Gasteiger partial charge on any atom is 0.128 e. The Morgan fingerprint density at radius 3 is 2.41 bits per heavy atom. The molecule has 0 amide bonds. The fourth-order valence-corrected chi connectivity index (χ4v) is 3.34. The summed E-state index contributed by atoms with van der Waals surface area (Å²) in [6.07, 6.45) is 2.91. The maximum atomic E-state index is 4.96. The molecule has 3 rings (SSSR count). The summed E-state index contributed by atoms with van der Waals surface area (Å²) in [4.78, 5) is 14.9. The Morgan fingerprint density at radius 2 is 1.78 bits per heavy atom. The van der Waals surface area contributed by atoms with E-state index in [1.54, 1.807) is 0 Å². The molecule has 3 aromatic rings. The molecule has 1 aromatic carbocycles. The van der Waals surface area contributed by atoms with Crippen molar-refractivity contribution in [2.24, 2.45) is 11.3 Å². The SMILES string of the molecule is CC(C)C[C](c1nc2cc(-c3ccnc(N(C)C)c3)ccc2[nH]1)C(C)(C)C. The molecule has 0 aliphatic heterocycles. The van der Waals surface area contributed by atoms with Gasteiger partial charge in [0.05, 0.1) is 11.0 Å². The molecule has 0 aliphatic rings. The first kappa shape index (κ1) is 19.4. The quantitative estimate of drug-likeness (QED) is 0.632. The highest BCUT2D eigenvalue weighted by molar-refractivity contribution is 5.82. The van der Waals surface area contributed by atoms with E-state index in [-0.39, 0.29) is 5.41 Å². The van der Waals surface area contributed by atoms with E-state index in [0.29, 0.717) is 5.92 Å². The molecule has 143 valence electrons. The second kappa shape index (κ2) is 7.34. The minimum atomic E-state index is 0.0900. The lowest BCUT2D eigenvalue weighted by atomic mass is 9.76. The highest BCUT2D eigenvalue weighted by Crippen LogP contribution is 2.38. The first-order valence-electron chi connectivity index (χ1n) is 9.65. The van der Waals surface area contributed by atoms with Gasteiger partial charge in [-0.15, -0.1) is 0 Å². The van der Waals surface area contributed by atoms with Crippen LogP contribution in [0.5, 0.6) is 0 Å². The van der Waals surface area contributed by atoms with Crippen LogP contribution in [0.2, 0.25) is 0 Å². The maximum absolute atomic E-state index is 4.96. The number of hydrogen-bond donors (Lipinski definition) is 1. The second-order valence-corrected chi connectivity index (χ2v) is 8.94. The van der Waals surface area contributed by atoms with Crippen LogP contribution in [0.4, 0.5) is 5.82 Å². The Bertz CT molecular complexity index is 916. The zero-order chi connectivity index (χ0) is 19.8. The fraction of sp³-hybridized carbons (Fsp3) is 0.435. The van der Waals surface area contributed by atoms with Gasteiger partial charge in [0.25, 0.3) is 0 Å². The zero-order valence-corrected chi connectivity index (χ0v) is 17.6. The number of hydrogen-bond acceptors (Lipinski definition) is 3. The molecule has 0 fully saturated rings. The van der Waals surface area contributed by atoms with E-state index in [0.717, 1.165) is 40.2 Å². The molecule has 4 heteroatoms. The number of aromatic amines is 1. The average molecular weight is 364 g/mol. The number of anilines is 1. The minimum absolute atomic E-state index is 0.0900. The number of H-pyrrole nitrogens is 1. The summed E-state index contributed by atoms with van der Waals surface area (Å²) in [5.41, 5.74) is 4.50. The van der Waals surface area contributed by atoms with Crippen molar-refractivity contribution in [2.75, 3.05) is 19.0 Å². The lowest BCUT2D eigenvalue weighted by Gasteiger charge is -2.29. The van der Waals surface area contributed by atoms with Crippen LogP contribution >= 0.6 is 0 Å². The predicted octanol–water partition coefficient (Wildman–Crippen LogP) is 5.71. The molecule has 1 radical (unpaired) electrons. The molecule has 1 N–H and O–H groups in total. The standard InChI is InChI=1S/C23H31N4/c1-15(2)12-18(23(3,4)5)22-25-19-9-8-16(13-20(19)26-22)17-10-11-24-21(14-17)27(6)7/h8-11,13-15H,12H2,1-7H3,(H,25,26). The summed E-state index contributed by atoms with van der Waals surface area (Å²) in [6, 6.07) is 10.6. The Hall–Kier alpha value is -2.36. The molecule has 0 aliphatic carbocycles. The Balaban J connectivity index is 2.01. The molecule has 0 unspecified atom stereocenters. The number of fused-ring (bicyclic) bond motifs is 1. The second-order valence-electron chi connectivity index (χ2n) is 8.94. The number of imidazole rings is 1. The topological polar surface area (TPSA) is 44.8 Å². The third-order valence-corrected chi connectivity index (χ3v) is 4.82. The lowest BCUT2D eigenvalue weighted by Crippen LogP contribution is -2.22. The van der Waals surface area contributed by atoms with E-state index in [9.17, 15) is 0 Å². The van der Waals surface area contributed by atoms with Crippen LogP contribution < -0.4 is 4.90 Å². The van der Waals surface area contributed by atoms with Crippen molar-refractivity contribution in [3.05, 3.63) is 48.3 Å². The fourth-order valence-electron chi connectivity index (χ4n) is 3.34. The van der Waals surface area contributed by atoms with Crippen molar-refractivity contribution >= 4 is 16.9 Å². The van der Waals surface area contributed by atoms with Crippen LogP contribution in [0.3, 0.4) is 0 Å². The monoisotopic (exact) mass is 363 g/mol. The molecule has 4 nitrogen and oxygen atoms in total. The molecule has 2 heterocycles. The van der Waals surface area contributed by atoms with Crippen LogP contribution in [0.1, 0.15) is 46.9 Å². The predicted molar refractivity (Wildman–Crippen MR) is 115 cm³/mol. The summed E-state index contributed by atoms with van der Waals surface area (Å²) in [5, 5.41) is 0. The molecule has 0 bridgehead atoms. The van der Waals surface area contributed by atoms with Gasteiger partial charge in [0.1, 0.15) is 11.6 Å². The highest BCUT2D eigenvalue weighted by Gasteiger charge is 2.30. The molecule has 0 atom stereocenters. The van der Waals surface area contributed by atoms with Crippen molar-refractivity contribution in [3.63, 3.8) is 0 Å². The van der Waals surface area contributed by atoms with Crippen molar-refractivity contribution in [2.45, 2.75) is 41.0 Å². The van der Waals surface area contributed by atoms with Crippen molar-refractivity contribution in [1.82, 2.24) is 15.0 Å². The molecule has 0 saturated carbocycles. The summed E-state index contributed by atoms with van der Waals surface area (Å²) >= 11 is 0. The van der Waals surface area contributed by atoms with E-state index in [1.165, 1.54) is 5.92 Å². The van der Waals surface area contributed by atoms with E-state index in [4.69, 9.17) is 4.98 Å². The normalized spacial score (nSPS) is 12.3. The van der Waals surface area contributed by atoms with Crippen molar-refractivity contribution in [1.29, 1.82) is 0 Å². The number of nitrogens with one attached hydrogen (secondary N) is 1. The smallest absolute Gasteiger partial charge is 0.128 e. The summed E-state index contributed by atoms with van der Waals surface area (Å²) in [7, 11) is 4.02. The Labute approximate surface area is 163 Å². The van der Waals surface area contributed by atoms with Crippen molar-refractivity contribution in [3.8, 4) is 11.1 Å².